The number of hydrogen-bond donors (Lipinski definition) is 1. The third-order valence-corrected chi connectivity index (χ3v) is 5.86. The highest BCUT2D eigenvalue weighted by Crippen LogP contribution is 2.24. The summed E-state index contributed by atoms with van der Waals surface area (Å²) in [6.07, 6.45) is 4.80. The molecule has 2 aromatic rings. The van der Waals surface area contributed by atoms with Crippen LogP contribution in [0.25, 0.3) is 0 Å². The Hall–Kier alpha value is -2.60. The number of halogens is 1. The summed E-state index contributed by atoms with van der Waals surface area (Å²) in [6, 6.07) is 11.6. The predicted molar refractivity (Wildman–Crippen MR) is 114 cm³/mol. The predicted octanol–water partition coefficient (Wildman–Crippen LogP) is 3.71. The number of carbonyl (C=O) groups is 2. The lowest BCUT2D eigenvalue weighted by atomic mass is 9.95. The number of amides is 2. The van der Waals surface area contributed by atoms with E-state index in [9.17, 15) is 9.59 Å². The van der Waals surface area contributed by atoms with E-state index < -0.39 is 0 Å². The van der Waals surface area contributed by atoms with E-state index in [0.29, 0.717) is 18.0 Å². The minimum absolute atomic E-state index is 0.0117. The number of nitrogens with one attached hydrogen (secondary N) is 1. The highest BCUT2D eigenvalue weighted by atomic mass is 35.5. The summed E-state index contributed by atoms with van der Waals surface area (Å²) >= 11 is 5.90. The lowest BCUT2D eigenvalue weighted by molar-refractivity contribution is -0.128. The number of anilines is 2. The zero-order valence-corrected chi connectivity index (χ0v) is 17.1. The summed E-state index contributed by atoms with van der Waals surface area (Å²) in [6.45, 7) is 3.01. The summed E-state index contributed by atoms with van der Waals surface area (Å²) in [4.78, 5) is 33.0. The molecule has 1 aromatic carbocycles. The lowest BCUT2D eigenvalue weighted by Crippen LogP contribution is -2.38. The van der Waals surface area contributed by atoms with E-state index in [0.717, 1.165) is 56.0 Å². The van der Waals surface area contributed by atoms with E-state index in [1.807, 2.05) is 41.3 Å². The molecular weight excluding hydrogens is 388 g/mol. The number of likely N-dealkylation sites (tertiary alicyclic amines) is 1. The van der Waals surface area contributed by atoms with Crippen LogP contribution in [0.4, 0.5) is 11.5 Å². The van der Waals surface area contributed by atoms with Gasteiger partial charge in [-0.25, -0.2) is 4.98 Å². The molecule has 2 fully saturated rings. The van der Waals surface area contributed by atoms with Crippen molar-refractivity contribution in [3.63, 3.8) is 0 Å². The fraction of sp³-hybridized carbons (Fsp3) is 0.409. The number of pyridine rings is 1. The maximum absolute atomic E-state index is 12.7. The van der Waals surface area contributed by atoms with Crippen LogP contribution < -0.4 is 10.2 Å². The van der Waals surface area contributed by atoms with Crippen LogP contribution in [0.2, 0.25) is 5.02 Å². The van der Waals surface area contributed by atoms with Crippen molar-refractivity contribution in [2.75, 3.05) is 29.9 Å². The van der Waals surface area contributed by atoms with Crippen LogP contribution in [0.15, 0.2) is 42.6 Å². The SMILES string of the molecule is O=C(Nc1cccc(CN2CCCC2=O)c1)C1CCN(c2ccc(Cl)cn2)CC1. The Morgan fingerprint density at radius 2 is 2.00 bits per heavy atom. The largest absolute Gasteiger partial charge is 0.357 e. The lowest BCUT2D eigenvalue weighted by Gasteiger charge is -2.32. The van der Waals surface area contributed by atoms with Crippen LogP contribution in [-0.2, 0) is 16.1 Å². The van der Waals surface area contributed by atoms with Gasteiger partial charge in [0, 0.05) is 50.4 Å². The van der Waals surface area contributed by atoms with Crippen molar-refractivity contribution in [2.24, 2.45) is 5.92 Å². The summed E-state index contributed by atoms with van der Waals surface area (Å²) in [5.41, 5.74) is 1.84. The van der Waals surface area contributed by atoms with Crippen molar-refractivity contribution >= 4 is 34.9 Å². The monoisotopic (exact) mass is 412 g/mol. The van der Waals surface area contributed by atoms with Gasteiger partial charge < -0.3 is 15.1 Å². The topological polar surface area (TPSA) is 65.5 Å². The molecule has 152 valence electrons. The van der Waals surface area contributed by atoms with Gasteiger partial charge in [-0.05, 0) is 49.1 Å². The number of aromatic nitrogens is 1. The average molecular weight is 413 g/mol. The Labute approximate surface area is 175 Å². The molecular formula is C22H25ClN4O2. The van der Waals surface area contributed by atoms with Crippen LogP contribution in [0.5, 0.6) is 0 Å². The summed E-state index contributed by atoms with van der Waals surface area (Å²) in [7, 11) is 0. The molecule has 0 spiro atoms. The minimum atomic E-state index is -0.0117. The van der Waals surface area contributed by atoms with Gasteiger partial charge in [-0.2, -0.15) is 0 Å². The quantitative estimate of drug-likeness (QED) is 0.812. The van der Waals surface area contributed by atoms with Gasteiger partial charge in [0.15, 0.2) is 0 Å². The van der Waals surface area contributed by atoms with Gasteiger partial charge >= 0.3 is 0 Å². The molecule has 1 aromatic heterocycles. The highest BCUT2D eigenvalue weighted by molar-refractivity contribution is 6.30. The van der Waals surface area contributed by atoms with Crippen molar-refractivity contribution in [1.29, 1.82) is 0 Å². The zero-order chi connectivity index (χ0) is 20.2. The average Bonchev–Trinajstić information content (AvgIpc) is 3.13. The fourth-order valence-electron chi connectivity index (χ4n) is 4.01. The summed E-state index contributed by atoms with van der Waals surface area (Å²) in [5.74, 6) is 1.16. The van der Waals surface area contributed by atoms with Crippen LogP contribution in [0.1, 0.15) is 31.2 Å². The molecule has 0 saturated carbocycles. The third kappa shape index (κ3) is 4.88. The summed E-state index contributed by atoms with van der Waals surface area (Å²) < 4.78 is 0. The normalized spacial score (nSPS) is 17.6. The first-order valence-corrected chi connectivity index (χ1v) is 10.5. The standard InChI is InChI=1S/C22H25ClN4O2/c23-18-6-7-20(24-14-18)26-11-8-17(9-12-26)22(29)25-19-4-1-3-16(13-19)15-27-10-2-5-21(27)28/h1,3-4,6-7,13-14,17H,2,5,8-12,15H2,(H,25,29). The van der Waals surface area contributed by atoms with Gasteiger partial charge in [-0.1, -0.05) is 23.7 Å². The highest BCUT2D eigenvalue weighted by Gasteiger charge is 2.26. The third-order valence-electron chi connectivity index (χ3n) is 5.64. The van der Waals surface area contributed by atoms with Gasteiger partial charge in [0.2, 0.25) is 11.8 Å². The molecule has 0 radical (unpaired) electrons. The van der Waals surface area contributed by atoms with E-state index >= 15 is 0 Å². The van der Waals surface area contributed by atoms with Crippen LogP contribution in [0, 0.1) is 5.92 Å². The van der Waals surface area contributed by atoms with Gasteiger partial charge in [-0.3, -0.25) is 9.59 Å². The van der Waals surface area contributed by atoms with Gasteiger partial charge in [0.05, 0.1) is 5.02 Å². The minimum Gasteiger partial charge on any atom is -0.357 e. The maximum atomic E-state index is 12.7. The number of benzene rings is 1. The first-order chi connectivity index (χ1) is 14.1. The van der Waals surface area contributed by atoms with E-state index in [-0.39, 0.29) is 17.7 Å². The van der Waals surface area contributed by atoms with Crippen LogP contribution in [-0.4, -0.2) is 41.3 Å². The molecule has 0 unspecified atom stereocenters. The molecule has 29 heavy (non-hydrogen) atoms. The number of rotatable bonds is 5. The molecule has 7 heteroatoms. The second-order valence-corrected chi connectivity index (χ2v) is 8.14. The number of piperidine rings is 1. The number of carbonyl (C=O) groups excluding carboxylic acids is 2. The second-order valence-electron chi connectivity index (χ2n) is 7.70. The Balaban J connectivity index is 1.31. The summed E-state index contributed by atoms with van der Waals surface area (Å²) in [5, 5.41) is 3.68. The van der Waals surface area contributed by atoms with E-state index in [2.05, 4.69) is 15.2 Å². The van der Waals surface area contributed by atoms with Crippen LogP contribution >= 0.6 is 11.6 Å². The Kier molecular flexibility index (Phi) is 6.00. The maximum Gasteiger partial charge on any atom is 0.227 e. The Morgan fingerprint density at radius 3 is 2.69 bits per heavy atom. The van der Waals surface area contributed by atoms with E-state index in [1.54, 1.807) is 6.20 Å². The second kappa shape index (κ2) is 8.82. The number of hydrogen-bond acceptors (Lipinski definition) is 4. The number of nitrogens with zero attached hydrogens (tertiary/aromatic N) is 3. The van der Waals surface area contributed by atoms with Gasteiger partial charge in [-0.15, -0.1) is 0 Å². The van der Waals surface area contributed by atoms with E-state index in [4.69, 9.17) is 11.6 Å². The van der Waals surface area contributed by atoms with Gasteiger partial charge in [0.25, 0.3) is 0 Å². The molecule has 2 amide bonds. The molecule has 6 nitrogen and oxygen atoms in total. The molecule has 2 aliphatic heterocycles. The van der Waals surface area contributed by atoms with Crippen molar-refractivity contribution in [2.45, 2.75) is 32.2 Å². The molecule has 2 saturated heterocycles. The molecule has 0 atom stereocenters. The molecule has 2 aliphatic rings. The van der Waals surface area contributed by atoms with Crippen molar-refractivity contribution < 1.29 is 9.59 Å². The van der Waals surface area contributed by atoms with Gasteiger partial charge in [0.1, 0.15) is 5.82 Å². The molecule has 1 N–H and O–H groups in total. The zero-order valence-electron chi connectivity index (χ0n) is 16.3. The molecule has 3 heterocycles. The Bertz CT molecular complexity index is 879. The Morgan fingerprint density at radius 1 is 1.17 bits per heavy atom. The fourth-order valence-corrected chi connectivity index (χ4v) is 4.12. The molecule has 0 bridgehead atoms. The smallest absolute Gasteiger partial charge is 0.227 e. The first-order valence-electron chi connectivity index (χ1n) is 10.1. The molecule has 4 rings (SSSR count). The van der Waals surface area contributed by atoms with Crippen molar-refractivity contribution in [1.82, 2.24) is 9.88 Å². The van der Waals surface area contributed by atoms with E-state index in [1.165, 1.54) is 0 Å². The molecule has 0 aliphatic carbocycles. The van der Waals surface area contributed by atoms with Crippen molar-refractivity contribution in [3.8, 4) is 0 Å². The van der Waals surface area contributed by atoms with Crippen molar-refractivity contribution in [3.05, 3.63) is 53.2 Å². The van der Waals surface area contributed by atoms with Crippen LogP contribution in [0.3, 0.4) is 0 Å². The first kappa shape index (κ1) is 19.7.